The fourth-order valence-electron chi connectivity index (χ4n) is 13.5. The van der Waals surface area contributed by atoms with Crippen molar-refractivity contribution in [1.82, 2.24) is 0 Å². The lowest BCUT2D eigenvalue weighted by Gasteiger charge is -2.40. The molecule has 4 aromatic carbocycles. The Morgan fingerprint density at radius 3 is 0.860 bits per heavy atom. The second-order valence-electron chi connectivity index (χ2n) is 19.3. The second kappa shape index (κ2) is 20.9. The maximum Gasteiger partial charge on any atom is 0.146 e. The Balaban J connectivity index is 1.00. The van der Waals surface area contributed by atoms with E-state index in [1.54, 1.807) is 21.2 Å². The SMILES string of the molecule is c1ccc([P+](CCCCCB2C3CCCC2CCC3)(CCC[P+](CCCCCB2C3CCCC2CCC3)(c2ccccc2)c2ccccc2)c2ccccc2)cc1. The Bertz CT molecular complexity index is 1480. The first kappa shape index (κ1) is 41.6. The Hall–Kier alpha value is -2.13. The van der Waals surface area contributed by atoms with Crippen LogP contribution in [0.15, 0.2) is 121 Å². The predicted molar refractivity (Wildman–Crippen MR) is 261 cm³/mol. The molecule has 0 amide bonds. The number of benzene rings is 4. The molecule has 4 aliphatic heterocycles. The van der Waals surface area contributed by atoms with Crippen LogP contribution in [0.4, 0.5) is 0 Å². The Labute approximate surface area is 351 Å². The molecule has 0 spiro atoms. The highest BCUT2D eigenvalue weighted by atomic mass is 31.2. The van der Waals surface area contributed by atoms with E-state index >= 15 is 0 Å². The summed E-state index contributed by atoms with van der Waals surface area (Å²) in [5, 5.41) is 6.59. The maximum absolute atomic E-state index is 2.52. The molecule has 8 rings (SSSR count). The average molecular weight is 795 g/mol. The van der Waals surface area contributed by atoms with Gasteiger partial charge in [0.2, 0.25) is 0 Å². The summed E-state index contributed by atoms with van der Waals surface area (Å²) >= 11 is 0. The van der Waals surface area contributed by atoms with Gasteiger partial charge in [-0.15, -0.1) is 0 Å². The lowest BCUT2D eigenvalue weighted by atomic mass is 9.26. The van der Waals surface area contributed by atoms with Crippen LogP contribution >= 0.6 is 14.5 Å². The highest BCUT2D eigenvalue weighted by molar-refractivity contribution is 7.90. The summed E-state index contributed by atoms with van der Waals surface area (Å²) in [5.74, 6) is 4.19. The number of fused-ring (bicyclic) bond motifs is 4. The first-order chi connectivity index (χ1) is 28.3. The molecule has 4 saturated heterocycles. The molecule has 4 aliphatic rings. The number of rotatable bonds is 20. The van der Waals surface area contributed by atoms with Crippen molar-refractivity contribution in [2.24, 2.45) is 0 Å². The zero-order chi connectivity index (χ0) is 38.6. The van der Waals surface area contributed by atoms with E-state index in [1.807, 2.05) is 0 Å². The quantitative estimate of drug-likeness (QED) is 0.0475. The summed E-state index contributed by atoms with van der Waals surface area (Å²) in [6, 6.07) is 47.8. The minimum absolute atomic E-state index is 1.04. The highest BCUT2D eigenvalue weighted by Crippen LogP contribution is 2.62. The minimum Gasteiger partial charge on any atom is -0.0737 e. The molecule has 57 heavy (non-hydrogen) atoms. The van der Waals surface area contributed by atoms with Crippen molar-refractivity contribution in [3.63, 3.8) is 0 Å². The fraction of sp³-hybridized carbons (Fsp3) is 0.547. The van der Waals surface area contributed by atoms with Gasteiger partial charge in [0.05, 0.1) is 60.4 Å². The molecule has 4 aromatic rings. The summed E-state index contributed by atoms with van der Waals surface area (Å²) in [5.41, 5.74) is 0. The molecule has 0 saturated carbocycles. The van der Waals surface area contributed by atoms with Crippen molar-refractivity contribution in [2.45, 2.75) is 158 Å². The van der Waals surface area contributed by atoms with Crippen LogP contribution in [0, 0.1) is 0 Å². The normalized spacial score (nSPS) is 22.4. The lowest BCUT2D eigenvalue weighted by Crippen LogP contribution is -2.34. The number of unbranched alkanes of at least 4 members (excludes halogenated alkanes) is 4. The largest absolute Gasteiger partial charge is 0.146 e. The van der Waals surface area contributed by atoms with Gasteiger partial charge >= 0.3 is 0 Å². The second-order valence-corrected chi connectivity index (χ2v) is 27.0. The van der Waals surface area contributed by atoms with Gasteiger partial charge < -0.3 is 0 Å². The molecular formula is C53H74B2P2+2. The third-order valence-corrected chi connectivity index (χ3v) is 25.7. The molecule has 0 aliphatic carbocycles. The van der Waals surface area contributed by atoms with Crippen molar-refractivity contribution in [2.75, 3.05) is 24.6 Å². The summed E-state index contributed by atoms with van der Waals surface area (Å²) in [4.78, 5) is 0. The summed E-state index contributed by atoms with van der Waals surface area (Å²) < 4.78 is 0. The highest BCUT2D eigenvalue weighted by Gasteiger charge is 2.47. The van der Waals surface area contributed by atoms with E-state index in [0.29, 0.717) is 0 Å². The van der Waals surface area contributed by atoms with Gasteiger partial charge in [-0.05, 0) is 61.4 Å². The van der Waals surface area contributed by atoms with E-state index in [-0.39, 0.29) is 0 Å². The monoisotopic (exact) mass is 795 g/mol. The van der Waals surface area contributed by atoms with E-state index in [1.165, 1.54) is 159 Å². The van der Waals surface area contributed by atoms with Gasteiger partial charge in [0, 0.05) is 6.42 Å². The summed E-state index contributed by atoms with van der Waals surface area (Å²) in [6.45, 7) is 2.07. The fourth-order valence-corrected chi connectivity index (χ4v) is 22.7. The van der Waals surface area contributed by atoms with E-state index in [4.69, 9.17) is 0 Å². The number of hydrogen-bond donors (Lipinski definition) is 0. The van der Waals surface area contributed by atoms with Crippen molar-refractivity contribution < 1.29 is 0 Å². The van der Waals surface area contributed by atoms with Crippen LogP contribution in [0.2, 0.25) is 35.9 Å². The molecule has 0 radical (unpaired) electrons. The molecule has 0 atom stereocenters. The van der Waals surface area contributed by atoms with Gasteiger partial charge in [-0.3, -0.25) is 0 Å². The zero-order valence-corrected chi connectivity index (χ0v) is 37.4. The first-order valence-corrected chi connectivity index (χ1v) is 28.5. The Morgan fingerprint density at radius 1 is 0.316 bits per heavy atom. The van der Waals surface area contributed by atoms with Crippen LogP contribution in [0.25, 0.3) is 0 Å². The van der Waals surface area contributed by atoms with Crippen molar-refractivity contribution in [3.05, 3.63) is 121 Å². The van der Waals surface area contributed by atoms with Gasteiger partial charge in [-0.25, -0.2) is 0 Å². The van der Waals surface area contributed by atoms with Crippen LogP contribution in [-0.2, 0) is 0 Å². The maximum atomic E-state index is 2.52. The smallest absolute Gasteiger partial charge is 0.0737 e. The predicted octanol–water partition coefficient (Wildman–Crippen LogP) is 14.3. The van der Waals surface area contributed by atoms with Crippen LogP contribution in [0.3, 0.4) is 0 Å². The summed E-state index contributed by atoms with van der Waals surface area (Å²) in [7, 11) is -3.21. The van der Waals surface area contributed by atoms with Crippen LogP contribution in [-0.4, -0.2) is 38.1 Å². The lowest BCUT2D eigenvalue weighted by molar-refractivity contribution is 0.440. The van der Waals surface area contributed by atoms with Crippen molar-refractivity contribution in [1.29, 1.82) is 0 Å². The van der Waals surface area contributed by atoms with E-state index in [2.05, 4.69) is 121 Å². The van der Waals surface area contributed by atoms with Crippen molar-refractivity contribution >= 4 is 49.2 Å². The zero-order valence-electron chi connectivity index (χ0n) is 35.6. The molecular weight excluding hydrogens is 720 g/mol. The summed E-state index contributed by atoms with van der Waals surface area (Å²) in [6.07, 6.45) is 36.4. The standard InChI is InChI=1S/C53H74B2P2/c1-7-32-50(33-8-1)56(51-34-9-2-10-35-51,42-17-5-15-40-54-46-24-19-25-47(54)27-20-26-46)44-23-45-57(52-36-11-3-12-37-52,53-38-13-4-14-39-53)43-18-6-16-41-55-48-28-21-29-49(55)31-22-30-48/h1-4,7-14,32-39,46-49H,5-6,15-31,40-45H2/q+2. The van der Waals surface area contributed by atoms with Gasteiger partial charge in [-0.1, -0.05) is 211 Å². The van der Waals surface area contributed by atoms with Gasteiger partial charge in [0.1, 0.15) is 13.4 Å². The third kappa shape index (κ3) is 10.1. The molecule has 0 N–H and O–H groups in total. The molecule has 4 heteroatoms. The van der Waals surface area contributed by atoms with Crippen molar-refractivity contribution in [3.8, 4) is 0 Å². The topological polar surface area (TPSA) is 0 Å². The average Bonchev–Trinajstić information content (AvgIpc) is 3.26. The van der Waals surface area contributed by atoms with Gasteiger partial charge in [0.15, 0.2) is 0 Å². The van der Waals surface area contributed by atoms with E-state index < -0.39 is 14.5 Å². The molecule has 0 aromatic heterocycles. The Morgan fingerprint density at radius 2 is 0.579 bits per heavy atom. The minimum atomic E-state index is -1.61. The van der Waals surface area contributed by atoms with Gasteiger partial charge in [0.25, 0.3) is 0 Å². The number of hydrogen-bond acceptors (Lipinski definition) is 0. The molecule has 4 bridgehead atoms. The van der Waals surface area contributed by atoms with Crippen LogP contribution in [0.1, 0.15) is 122 Å². The van der Waals surface area contributed by atoms with Gasteiger partial charge in [-0.2, -0.15) is 0 Å². The molecule has 4 fully saturated rings. The van der Waals surface area contributed by atoms with Crippen LogP contribution < -0.4 is 21.2 Å². The Kier molecular flexibility index (Phi) is 15.3. The molecule has 300 valence electrons. The third-order valence-electron chi connectivity index (χ3n) is 16.3. The van der Waals surface area contributed by atoms with E-state index in [0.717, 1.165) is 36.7 Å². The molecule has 0 nitrogen and oxygen atoms in total. The first-order valence-electron chi connectivity index (χ1n) is 24.2. The van der Waals surface area contributed by atoms with E-state index in [9.17, 15) is 0 Å². The molecule has 4 heterocycles. The molecule has 0 unspecified atom stereocenters. The van der Waals surface area contributed by atoms with Crippen LogP contribution in [0.5, 0.6) is 0 Å².